The number of H-pyrrole nitrogens is 1. The Balaban J connectivity index is 2.00. The van der Waals surface area contributed by atoms with Crippen LogP contribution in [0.3, 0.4) is 0 Å². The first kappa shape index (κ1) is 11.0. The molecule has 1 aromatic carbocycles. The topological polar surface area (TPSA) is 119 Å². The summed E-state index contributed by atoms with van der Waals surface area (Å²) in [5, 5.41) is 20.7. The SMILES string of the molecule is O=C(c1ccc([N+](=O)[O-])cc1)c1nnc2nc[nH]n12. The van der Waals surface area contributed by atoms with E-state index in [0.29, 0.717) is 0 Å². The van der Waals surface area contributed by atoms with E-state index >= 15 is 0 Å². The Kier molecular flexibility index (Phi) is 2.31. The number of non-ortho nitro benzene ring substituents is 1. The quantitative estimate of drug-likeness (QED) is 0.417. The van der Waals surface area contributed by atoms with Gasteiger partial charge in [0.1, 0.15) is 6.33 Å². The van der Waals surface area contributed by atoms with Gasteiger partial charge in [-0.15, -0.1) is 10.2 Å². The highest BCUT2D eigenvalue weighted by atomic mass is 16.6. The molecule has 0 unspecified atom stereocenters. The molecule has 3 aromatic rings. The fourth-order valence-electron chi connectivity index (χ4n) is 1.63. The summed E-state index contributed by atoms with van der Waals surface area (Å²) in [5.74, 6) is -0.0433. The normalized spacial score (nSPS) is 10.7. The maximum Gasteiger partial charge on any atom is 0.271 e. The van der Waals surface area contributed by atoms with E-state index in [-0.39, 0.29) is 22.9 Å². The Bertz CT molecular complexity index is 772. The molecule has 9 heteroatoms. The van der Waals surface area contributed by atoms with Crippen molar-refractivity contribution in [2.45, 2.75) is 0 Å². The Hall–Kier alpha value is -3.10. The number of nitrogens with zero attached hydrogens (tertiary/aromatic N) is 5. The van der Waals surface area contributed by atoms with Crippen LogP contribution in [-0.4, -0.2) is 35.5 Å². The average molecular weight is 258 g/mol. The molecule has 19 heavy (non-hydrogen) atoms. The Labute approximate surface area is 105 Å². The summed E-state index contributed by atoms with van der Waals surface area (Å²) in [6.45, 7) is 0. The summed E-state index contributed by atoms with van der Waals surface area (Å²) in [6, 6.07) is 5.27. The molecule has 2 heterocycles. The average Bonchev–Trinajstić information content (AvgIpc) is 3.00. The number of aromatic amines is 1. The number of nitro groups is 1. The van der Waals surface area contributed by atoms with Gasteiger partial charge in [-0.05, 0) is 12.1 Å². The molecule has 0 saturated carbocycles. The fraction of sp³-hybridized carbons (Fsp3) is 0. The highest BCUT2D eigenvalue weighted by molar-refractivity contribution is 6.06. The first-order chi connectivity index (χ1) is 9.16. The van der Waals surface area contributed by atoms with Gasteiger partial charge in [-0.3, -0.25) is 20.0 Å². The Morgan fingerprint density at radius 3 is 2.68 bits per heavy atom. The molecule has 0 aliphatic rings. The molecule has 2 aromatic heterocycles. The number of benzene rings is 1. The zero-order valence-electron chi connectivity index (χ0n) is 9.35. The molecule has 9 nitrogen and oxygen atoms in total. The van der Waals surface area contributed by atoms with Gasteiger partial charge in [0.2, 0.25) is 11.6 Å². The summed E-state index contributed by atoms with van der Waals surface area (Å²) in [5.41, 5.74) is 0.207. The van der Waals surface area contributed by atoms with Gasteiger partial charge >= 0.3 is 0 Å². The molecule has 3 rings (SSSR count). The van der Waals surface area contributed by atoms with Crippen molar-refractivity contribution in [2.24, 2.45) is 0 Å². The van der Waals surface area contributed by atoms with E-state index in [4.69, 9.17) is 0 Å². The van der Waals surface area contributed by atoms with Gasteiger partial charge in [0.15, 0.2) is 0 Å². The van der Waals surface area contributed by atoms with Crippen LogP contribution < -0.4 is 0 Å². The molecular formula is C10H6N6O3. The largest absolute Gasteiger partial charge is 0.285 e. The number of aromatic nitrogens is 5. The number of hydrogen-bond donors (Lipinski definition) is 1. The van der Waals surface area contributed by atoms with Gasteiger partial charge < -0.3 is 0 Å². The van der Waals surface area contributed by atoms with Crippen molar-refractivity contribution in [3.8, 4) is 0 Å². The summed E-state index contributed by atoms with van der Waals surface area (Å²) in [6.07, 6.45) is 1.39. The first-order valence-electron chi connectivity index (χ1n) is 5.20. The number of rotatable bonds is 3. The third-order valence-electron chi connectivity index (χ3n) is 2.56. The standard InChI is InChI=1S/C10H6N6O3/c17-8(6-1-3-7(4-2-6)16(18)19)9-13-14-10-11-5-12-15(9)10/h1-5H,(H,11,12,14). The van der Waals surface area contributed by atoms with E-state index in [1.165, 1.54) is 35.1 Å². The summed E-state index contributed by atoms with van der Waals surface area (Å²) in [7, 11) is 0. The fourth-order valence-corrected chi connectivity index (χ4v) is 1.63. The van der Waals surface area contributed by atoms with Crippen molar-refractivity contribution in [3.63, 3.8) is 0 Å². The van der Waals surface area contributed by atoms with Gasteiger partial charge in [0, 0.05) is 17.7 Å². The number of fused-ring (bicyclic) bond motifs is 1. The van der Waals surface area contributed by atoms with E-state index in [9.17, 15) is 14.9 Å². The minimum atomic E-state index is -0.529. The third kappa shape index (κ3) is 1.73. The van der Waals surface area contributed by atoms with Crippen molar-refractivity contribution in [1.29, 1.82) is 0 Å². The maximum absolute atomic E-state index is 12.2. The first-order valence-corrected chi connectivity index (χ1v) is 5.20. The molecule has 0 spiro atoms. The van der Waals surface area contributed by atoms with E-state index in [2.05, 4.69) is 20.3 Å². The third-order valence-corrected chi connectivity index (χ3v) is 2.56. The predicted octanol–water partition coefficient (Wildman–Crippen LogP) is 0.592. The smallest absolute Gasteiger partial charge is 0.271 e. The molecule has 1 N–H and O–H groups in total. The van der Waals surface area contributed by atoms with Crippen LogP contribution >= 0.6 is 0 Å². The number of ketones is 1. The van der Waals surface area contributed by atoms with Crippen LogP contribution in [-0.2, 0) is 0 Å². The monoisotopic (exact) mass is 258 g/mol. The number of hydrogen-bond acceptors (Lipinski definition) is 6. The van der Waals surface area contributed by atoms with Crippen molar-refractivity contribution in [1.82, 2.24) is 24.8 Å². The molecule has 0 atom stereocenters. The lowest BCUT2D eigenvalue weighted by Gasteiger charge is -1.97. The number of carbonyl (C=O) groups excluding carboxylic acids is 1. The van der Waals surface area contributed by atoms with Crippen LogP contribution in [0.1, 0.15) is 16.2 Å². The minimum absolute atomic E-state index is 0.0707. The number of nitrogens with one attached hydrogen (secondary N) is 1. The summed E-state index contributed by atoms with van der Waals surface area (Å²) in [4.78, 5) is 26.0. The van der Waals surface area contributed by atoms with Crippen molar-refractivity contribution in [3.05, 3.63) is 52.1 Å². The summed E-state index contributed by atoms with van der Waals surface area (Å²) < 4.78 is 1.34. The maximum atomic E-state index is 12.2. The summed E-state index contributed by atoms with van der Waals surface area (Å²) >= 11 is 0. The zero-order valence-corrected chi connectivity index (χ0v) is 9.35. The molecular weight excluding hydrogens is 252 g/mol. The molecule has 0 radical (unpaired) electrons. The van der Waals surface area contributed by atoms with Crippen LogP contribution in [0.5, 0.6) is 0 Å². The van der Waals surface area contributed by atoms with Gasteiger partial charge in [-0.25, -0.2) is 0 Å². The van der Waals surface area contributed by atoms with E-state index in [1.807, 2.05) is 0 Å². The van der Waals surface area contributed by atoms with Gasteiger partial charge in [0.05, 0.1) is 4.92 Å². The zero-order chi connectivity index (χ0) is 13.4. The second kappa shape index (κ2) is 3.98. The van der Waals surface area contributed by atoms with Gasteiger partial charge in [-0.1, -0.05) is 0 Å². The number of nitro benzene ring substituents is 1. The molecule has 0 amide bonds. The highest BCUT2D eigenvalue weighted by Gasteiger charge is 2.18. The van der Waals surface area contributed by atoms with Gasteiger partial charge in [-0.2, -0.15) is 9.50 Å². The van der Waals surface area contributed by atoms with Crippen LogP contribution in [0.2, 0.25) is 0 Å². The predicted molar refractivity (Wildman–Crippen MR) is 61.7 cm³/mol. The van der Waals surface area contributed by atoms with Crippen LogP contribution in [0, 0.1) is 10.1 Å². The minimum Gasteiger partial charge on any atom is -0.285 e. The molecule has 0 bridgehead atoms. The van der Waals surface area contributed by atoms with Crippen LogP contribution in [0.25, 0.3) is 5.78 Å². The van der Waals surface area contributed by atoms with Crippen molar-refractivity contribution in [2.75, 3.05) is 0 Å². The molecule has 0 fully saturated rings. The lowest BCUT2D eigenvalue weighted by atomic mass is 10.1. The lowest BCUT2D eigenvalue weighted by Crippen LogP contribution is -2.07. The van der Waals surface area contributed by atoms with E-state index in [0.717, 1.165) is 0 Å². The van der Waals surface area contributed by atoms with Crippen LogP contribution in [0.15, 0.2) is 30.6 Å². The Morgan fingerprint density at radius 2 is 2.00 bits per heavy atom. The second-order valence-electron chi connectivity index (χ2n) is 3.68. The molecule has 0 aliphatic heterocycles. The molecule has 0 aliphatic carbocycles. The Morgan fingerprint density at radius 1 is 1.26 bits per heavy atom. The van der Waals surface area contributed by atoms with Crippen molar-refractivity contribution >= 4 is 17.2 Å². The van der Waals surface area contributed by atoms with Crippen LogP contribution in [0.4, 0.5) is 5.69 Å². The second-order valence-corrected chi connectivity index (χ2v) is 3.68. The van der Waals surface area contributed by atoms with E-state index < -0.39 is 10.7 Å². The number of carbonyl (C=O) groups is 1. The van der Waals surface area contributed by atoms with Gasteiger partial charge in [0.25, 0.3) is 11.5 Å². The van der Waals surface area contributed by atoms with E-state index in [1.54, 1.807) is 0 Å². The molecule has 0 saturated heterocycles. The molecule has 94 valence electrons. The highest BCUT2D eigenvalue weighted by Crippen LogP contribution is 2.14. The lowest BCUT2D eigenvalue weighted by molar-refractivity contribution is -0.384. The van der Waals surface area contributed by atoms with Crippen molar-refractivity contribution < 1.29 is 9.72 Å².